The maximum atomic E-state index is 11.4. The smallest absolute Gasteiger partial charge is 0.360 e. The first-order chi connectivity index (χ1) is 8.77. The Hall–Kier alpha value is -1.69. The molecule has 0 bridgehead atoms. The number of unbranched alkanes of at least 4 members (excludes halogenated alkanes) is 2. The van der Waals surface area contributed by atoms with Crippen LogP contribution in [0.3, 0.4) is 0 Å². The normalized spacial score (nSPS) is 10.3. The molecular formula is C12H19N3O3. The first kappa shape index (κ1) is 14.4. The molecule has 0 aliphatic carbocycles. The molecule has 1 aromatic rings. The lowest BCUT2D eigenvalue weighted by atomic mass is 10.2. The van der Waals surface area contributed by atoms with Gasteiger partial charge in [-0.2, -0.15) is 0 Å². The van der Waals surface area contributed by atoms with Gasteiger partial charge in [0, 0.05) is 20.3 Å². The minimum Gasteiger partial charge on any atom is -0.457 e. The molecule has 0 amide bonds. The number of ether oxygens (including phenoxy) is 2. The molecule has 0 aliphatic heterocycles. The standard InChI is InChI=1S/C12H19N3O3/c1-3-8-18-12(16)11-10-15(14-13-11)7-5-4-6-9-17-2/h3,10H,1,4-9H2,2H3. The van der Waals surface area contributed by atoms with Crippen molar-refractivity contribution >= 4 is 5.97 Å². The van der Waals surface area contributed by atoms with E-state index in [0.29, 0.717) is 0 Å². The fourth-order valence-electron chi connectivity index (χ4n) is 1.41. The van der Waals surface area contributed by atoms with Crippen molar-refractivity contribution in [1.82, 2.24) is 15.0 Å². The molecule has 100 valence electrons. The van der Waals surface area contributed by atoms with Gasteiger partial charge in [0.05, 0.1) is 6.20 Å². The summed E-state index contributed by atoms with van der Waals surface area (Å²) in [6.45, 7) is 5.17. The molecule has 0 spiro atoms. The van der Waals surface area contributed by atoms with Gasteiger partial charge in [0.25, 0.3) is 0 Å². The van der Waals surface area contributed by atoms with Crippen molar-refractivity contribution in [2.24, 2.45) is 0 Å². The van der Waals surface area contributed by atoms with Crippen LogP contribution in [-0.2, 0) is 16.0 Å². The number of nitrogens with zero attached hydrogens (tertiary/aromatic N) is 3. The lowest BCUT2D eigenvalue weighted by Crippen LogP contribution is -2.05. The summed E-state index contributed by atoms with van der Waals surface area (Å²) in [7, 11) is 1.69. The summed E-state index contributed by atoms with van der Waals surface area (Å²) < 4.78 is 11.5. The van der Waals surface area contributed by atoms with E-state index in [9.17, 15) is 4.79 Å². The Morgan fingerprint density at radius 3 is 3.06 bits per heavy atom. The van der Waals surface area contributed by atoms with E-state index in [4.69, 9.17) is 9.47 Å². The van der Waals surface area contributed by atoms with Crippen LogP contribution >= 0.6 is 0 Å². The van der Waals surface area contributed by atoms with E-state index in [1.807, 2.05) is 0 Å². The second-order valence-corrected chi connectivity index (χ2v) is 3.81. The molecule has 0 N–H and O–H groups in total. The molecule has 0 saturated carbocycles. The Bertz CT molecular complexity index is 376. The van der Waals surface area contributed by atoms with Crippen LogP contribution in [0.4, 0.5) is 0 Å². The minimum absolute atomic E-state index is 0.183. The van der Waals surface area contributed by atoms with Gasteiger partial charge in [-0.25, -0.2) is 4.79 Å². The summed E-state index contributed by atoms with van der Waals surface area (Å²) in [5.74, 6) is -0.472. The summed E-state index contributed by atoms with van der Waals surface area (Å²) in [5.41, 5.74) is 0.230. The van der Waals surface area contributed by atoms with Crippen LogP contribution in [-0.4, -0.2) is 41.3 Å². The summed E-state index contributed by atoms with van der Waals surface area (Å²) >= 11 is 0. The van der Waals surface area contributed by atoms with Gasteiger partial charge < -0.3 is 9.47 Å². The van der Waals surface area contributed by atoms with Crippen molar-refractivity contribution in [2.75, 3.05) is 20.3 Å². The molecule has 0 fully saturated rings. The predicted octanol–water partition coefficient (Wildman–Crippen LogP) is 1.44. The first-order valence-electron chi connectivity index (χ1n) is 5.95. The molecule has 0 radical (unpaired) electrons. The van der Waals surface area contributed by atoms with Crippen molar-refractivity contribution in [3.8, 4) is 0 Å². The van der Waals surface area contributed by atoms with Crippen molar-refractivity contribution in [1.29, 1.82) is 0 Å². The molecule has 18 heavy (non-hydrogen) atoms. The van der Waals surface area contributed by atoms with E-state index in [1.54, 1.807) is 18.0 Å². The van der Waals surface area contributed by atoms with Crippen LogP contribution in [0, 0.1) is 0 Å². The van der Waals surface area contributed by atoms with Crippen LogP contribution in [0.25, 0.3) is 0 Å². The molecule has 1 aromatic heterocycles. The fourth-order valence-corrected chi connectivity index (χ4v) is 1.41. The van der Waals surface area contributed by atoms with Gasteiger partial charge >= 0.3 is 5.97 Å². The van der Waals surface area contributed by atoms with E-state index < -0.39 is 5.97 Å². The zero-order valence-corrected chi connectivity index (χ0v) is 10.7. The highest BCUT2D eigenvalue weighted by Crippen LogP contribution is 2.01. The maximum absolute atomic E-state index is 11.4. The third-order valence-corrected chi connectivity index (χ3v) is 2.32. The van der Waals surface area contributed by atoms with E-state index in [1.165, 1.54) is 6.08 Å². The summed E-state index contributed by atoms with van der Waals surface area (Å²) in [5, 5.41) is 7.64. The highest BCUT2D eigenvalue weighted by Gasteiger charge is 2.11. The number of aryl methyl sites for hydroxylation is 1. The zero-order chi connectivity index (χ0) is 13.2. The molecular weight excluding hydrogens is 234 g/mol. The Morgan fingerprint density at radius 1 is 1.50 bits per heavy atom. The second kappa shape index (κ2) is 8.41. The maximum Gasteiger partial charge on any atom is 0.360 e. The van der Waals surface area contributed by atoms with Crippen LogP contribution in [0.2, 0.25) is 0 Å². The lowest BCUT2D eigenvalue weighted by molar-refractivity contribution is 0.0543. The molecule has 0 aromatic carbocycles. The Labute approximate surface area is 107 Å². The van der Waals surface area contributed by atoms with Crippen molar-refractivity contribution < 1.29 is 14.3 Å². The summed E-state index contributed by atoms with van der Waals surface area (Å²) in [6, 6.07) is 0. The van der Waals surface area contributed by atoms with Gasteiger partial charge in [0.15, 0.2) is 5.69 Å². The highest BCUT2D eigenvalue weighted by molar-refractivity contribution is 5.86. The third kappa shape index (κ3) is 5.09. The molecule has 6 nitrogen and oxygen atoms in total. The number of esters is 1. The van der Waals surface area contributed by atoms with Gasteiger partial charge in [-0.15, -0.1) is 5.10 Å². The Morgan fingerprint density at radius 2 is 2.33 bits per heavy atom. The quantitative estimate of drug-likeness (QED) is 0.378. The van der Waals surface area contributed by atoms with Crippen molar-refractivity contribution in [3.63, 3.8) is 0 Å². The minimum atomic E-state index is -0.472. The zero-order valence-electron chi connectivity index (χ0n) is 10.7. The van der Waals surface area contributed by atoms with Gasteiger partial charge in [-0.3, -0.25) is 4.68 Å². The SMILES string of the molecule is C=CCOC(=O)c1cn(CCCCCOC)nn1. The van der Waals surface area contributed by atoms with Crippen LogP contribution in [0.5, 0.6) is 0 Å². The van der Waals surface area contributed by atoms with Crippen LogP contribution in [0.15, 0.2) is 18.9 Å². The number of carbonyl (C=O) groups excluding carboxylic acids is 1. The van der Waals surface area contributed by atoms with Crippen LogP contribution < -0.4 is 0 Å². The highest BCUT2D eigenvalue weighted by atomic mass is 16.5. The van der Waals surface area contributed by atoms with Gasteiger partial charge in [-0.05, 0) is 19.3 Å². The largest absolute Gasteiger partial charge is 0.457 e. The Balaban J connectivity index is 2.29. The molecule has 0 saturated heterocycles. The molecule has 0 aliphatic rings. The number of hydrogen-bond donors (Lipinski definition) is 0. The summed E-state index contributed by atoms with van der Waals surface area (Å²) in [6.07, 6.45) is 6.18. The number of hydrogen-bond acceptors (Lipinski definition) is 5. The van der Waals surface area contributed by atoms with Gasteiger partial charge in [0.2, 0.25) is 0 Å². The summed E-state index contributed by atoms with van der Waals surface area (Å²) in [4.78, 5) is 11.4. The average molecular weight is 253 g/mol. The molecule has 1 heterocycles. The number of rotatable bonds is 9. The van der Waals surface area contributed by atoms with E-state index >= 15 is 0 Å². The topological polar surface area (TPSA) is 66.2 Å². The third-order valence-electron chi connectivity index (χ3n) is 2.32. The van der Waals surface area contributed by atoms with E-state index in [0.717, 1.165) is 32.4 Å². The average Bonchev–Trinajstić information content (AvgIpc) is 2.84. The lowest BCUT2D eigenvalue weighted by Gasteiger charge is -2.00. The van der Waals surface area contributed by atoms with Crippen molar-refractivity contribution in [2.45, 2.75) is 25.8 Å². The fraction of sp³-hybridized carbons (Fsp3) is 0.583. The monoisotopic (exact) mass is 253 g/mol. The van der Waals surface area contributed by atoms with E-state index in [2.05, 4.69) is 16.9 Å². The first-order valence-corrected chi connectivity index (χ1v) is 5.95. The van der Waals surface area contributed by atoms with Crippen LogP contribution in [0.1, 0.15) is 29.8 Å². The molecule has 0 unspecified atom stereocenters. The predicted molar refractivity (Wildman–Crippen MR) is 66.2 cm³/mol. The Kier molecular flexibility index (Phi) is 6.71. The van der Waals surface area contributed by atoms with Gasteiger partial charge in [0.1, 0.15) is 6.61 Å². The van der Waals surface area contributed by atoms with E-state index in [-0.39, 0.29) is 12.3 Å². The van der Waals surface area contributed by atoms with Gasteiger partial charge in [-0.1, -0.05) is 17.9 Å². The van der Waals surface area contributed by atoms with Crippen molar-refractivity contribution in [3.05, 3.63) is 24.5 Å². The molecule has 6 heteroatoms. The number of methoxy groups -OCH3 is 1. The number of carbonyl (C=O) groups is 1. The second-order valence-electron chi connectivity index (χ2n) is 3.81. The molecule has 0 atom stereocenters. The number of aromatic nitrogens is 3. The molecule has 1 rings (SSSR count).